The number of nitrogens with one attached hydrogen (secondary N) is 2. The Bertz CT molecular complexity index is 1010. The van der Waals surface area contributed by atoms with Crippen LogP contribution in [-0.2, 0) is 9.59 Å². The minimum absolute atomic E-state index is 0.0686. The number of hydrogen-bond donors (Lipinski definition) is 2. The Hall–Kier alpha value is -3.75. The van der Waals surface area contributed by atoms with Gasteiger partial charge in [0.25, 0.3) is 5.91 Å². The van der Waals surface area contributed by atoms with Gasteiger partial charge in [-0.25, -0.2) is 0 Å². The topological polar surface area (TPSA) is 106 Å². The molecule has 1 aliphatic rings. The maximum absolute atomic E-state index is 12.9. The Kier molecular flexibility index (Phi) is 7.76. The van der Waals surface area contributed by atoms with E-state index in [0.717, 1.165) is 6.42 Å². The molecule has 9 heteroatoms. The van der Waals surface area contributed by atoms with Gasteiger partial charge in [-0.3, -0.25) is 14.4 Å². The van der Waals surface area contributed by atoms with Crippen LogP contribution in [0.4, 0.5) is 11.4 Å². The number of anilines is 2. The number of hydrogen-bond acceptors (Lipinski definition) is 6. The fourth-order valence-electron chi connectivity index (χ4n) is 3.68. The van der Waals surface area contributed by atoms with Crippen LogP contribution in [0.25, 0.3) is 0 Å². The zero-order chi connectivity index (χ0) is 24.0. The van der Waals surface area contributed by atoms with Crippen LogP contribution in [0.15, 0.2) is 36.4 Å². The molecule has 3 amide bonds. The molecule has 2 aromatic carbocycles. The van der Waals surface area contributed by atoms with Gasteiger partial charge in [0.05, 0.1) is 32.9 Å². The quantitative estimate of drug-likeness (QED) is 0.602. The molecule has 176 valence electrons. The monoisotopic (exact) mass is 455 g/mol. The third-order valence-electron chi connectivity index (χ3n) is 5.38. The van der Waals surface area contributed by atoms with Crippen molar-refractivity contribution in [2.75, 3.05) is 44.6 Å². The molecule has 0 aliphatic carbocycles. The van der Waals surface area contributed by atoms with Gasteiger partial charge >= 0.3 is 0 Å². The van der Waals surface area contributed by atoms with Gasteiger partial charge in [-0.05, 0) is 24.6 Å². The van der Waals surface area contributed by atoms with Crippen molar-refractivity contribution in [1.82, 2.24) is 5.32 Å². The maximum atomic E-state index is 12.9. The van der Waals surface area contributed by atoms with E-state index in [1.165, 1.54) is 26.2 Å². The van der Waals surface area contributed by atoms with E-state index in [1.54, 1.807) is 36.4 Å². The number of rotatable bonds is 9. The normalized spacial score (nSPS) is 15.2. The van der Waals surface area contributed by atoms with E-state index in [1.807, 2.05) is 6.92 Å². The van der Waals surface area contributed by atoms with Crippen LogP contribution in [0.1, 0.15) is 30.1 Å². The summed E-state index contributed by atoms with van der Waals surface area (Å²) in [6.45, 7) is 2.76. The van der Waals surface area contributed by atoms with Crippen LogP contribution in [0, 0.1) is 5.92 Å². The fraction of sp³-hybridized carbons (Fsp3) is 0.375. The van der Waals surface area contributed by atoms with E-state index in [9.17, 15) is 14.4 Å². The summed E-state index contributed by atoms with van der Waals surface area (Å²) in [6, 6.07) is 10.1. The molecule has 9 nitrogen and oxygen atoms in total. The third-order valence-corrected chi connectivity index (χ3v) is 5.38. The molecule has 33 heavy (non-hydrogen) atoms. The highest BCUT2D eigenvalue weighted by atomic mass is 16.5. The molecule has 3 rings (SSSR count). The third kappa shape index (κ3) is 5.36. The van der Waals surface area contributed by atoms with Gasteiger partial charge in [0.15, 0.2) is 11.5 Å². The maximum Gasteiger partial charge on any atom is 0.251 e. The van der Waals surface area contributed by atoms with Gasteiger partial charge in [-0.2, -0.15) is 0 Å². The van der Waals surface area contributed by atoms with Crippen LogP contribution in [0.2, 0.25) is 0 Å². The Balaban J connectivity index is 1.73. The second-order valence-corrected chi connectivity index (χ2v) is 7.61. The Morgan fingerprint density at radius 1 is 1.06 bits per heavy atom. The van der Waals surface area contributed by atoms with E-state index in [0.29, 0.717) is 40.7 Å². The number of ether oxygens (including phenoxy) is 3. The van der Waals surface area contributed by atoms with Crippen LogP contribution >= 0.6 is 0 Å². The molecule has 1 fully saturated rings. The summed E-state index contributed by atoms with van der Waals surface area (Å²) in [5, 5.41) is 5.63. The summed E-state index contributed by atoms with van der Waals surface area (Å²) in [7, 11) is 4.50. The lowest BCUT2D eigenvalue weighted by Crippen LogP contribution is -2.28. The molecule has 1 heterocycles. The number of amides is 3. The van der Waals surface area contributed by atoms with Gasteiger partial charge in [-0.1, -0.05) is 13.0 Å². The molecule has 2 N–H and O–H groups in total. The summed E-state index contributed by atoms with van der Waals surface area (Å²) >= 11 is 0. The molecule has 1 unspecified atom stereocenters. The Morgan fingerprint density at radius 2 is 1.76 bits per heavy atom. The predicted octanol–water partition coefficient (Wildman–Crippen LogP) is 2.84. The molecule has 0 saturated carbocycles. The van der Waals surface area contributed by atoms with Crippen molar-refractivity contribution in [3.8, 4) is 17.2 Å². The van der Waals surface area contributed by atoms with E-state index in [-0.39, 0.29) is 30.7 Å². The van der Waals surface area contributed by atoms with Crippen molar-refractivity contribution in [2.45, 2.75) is 19.8 Å². The minimum Gasteiger partial charge on any atom is -0.493 e. The molecule has 1 saturated heterocycles. The summed E-state index contributed by atoms with van der Waals surface area (Å²) < 4.78 is 16.1. The minimum atomic E-state index is -0.547. The fourth-order valence-corrected chi connectivity index (χ4v) is 3.68. The molecule has 0 bridgehead atoms. The molecule has 1 aliphatic heterocycles. The first-order chi connectivity index (χ1) is 15.9. The highest BCUT2D eigenvalue weighted by Gasteiger charge is 2.36. The second-order valence-electron chi connectivity index (χ2n) is 7.61. The first-order valence-corrected chi connectivity index (χ1v) is 10.7. The zero-order valence-corrected chi connectivity index (χ0v) is 19.3. The first kappa shape index (κ1) is 23.9. The molecule has 0 aromatic heterocycles. The van der Waals surface area contributed by atoms with Gasteiger partial charge < -0.3 is 29.7 Å². The standard InChI is InChI=1S/C24H29N3O6/c1-5-9-25-23(29)15-7-6-8-17(10-15)26-24(30)16-11-21(28)27(14-16)18-12-19(31-2)22(33-4)20(13-18)32-3/h6-8,10,12-13,16H,5,9,11,14H2,1-4H3,(H,25,29)(H,26,30). The van der Waals surface area contributed by atoms with Crippen molar-refractivity contribution < 1.29 is 28.6 Å². The van der Waals surface area contributed by atoms with Crippen molar-refractivity contribution in [3.63, 3.8) is 0 Å². The summed E-state index contributed by atoms with van der Waals surface area (Å²) in [6.07, 6.45) is 0.902. The zero-order valence-electron chi connectivity index (χ0n) is 19.3. The van der Waals surface area contributed by atoms with Crippen molar-refractivity contribution in [3.05, 3.63) is 42.0 Å². The van der Waals surface area contributed by atoms with Crippen molar-refractivity contribution >= 4 is 29.1 Å². The number of methoxy groups -OCH3 is 3. The van der Waals surface area contributed by atoms with E-state index < -0.39 is 5.92 Å². The number of nitrogens with zero attached hydrogens (tertiary/aromatic N) is 1. The average Bonchev–Trinajstić information content (AvgIpc) is 3.23. The molecular formula is C24H29N3O6. The summed E-state index contributed by atoms with van der Waals surface area (Å²) in [5.74, 6) is 0.0530. The van der Waals surface area contributed by atoms with Gasteiger partial charge in [0.1, 0.15) is 0 Å². The highest BCUT2D eigenvalue weighted by molar-refractivity contribution is 6.04. The molecule has 0 spiro atoms. The van der Waals surface area contributed by atoms with E-state index in [2.05, 4.69) is 10.6 Å². The molecule has 1 atom stereocenters. The largest absolute Gasteiger partial charge is 0.493 e. The van der Waals surface area contributed by atoms with Gasteiger partial charge in [0, 0.05) is 42.9 Å². The smallest absolute Gasteiger partial charge is 0.251 e. The van der Waals surface area contributed by atoms with Crippen molar-refractivity contribution in [1.29, 1.82) is 0 Å². The van der Waals surface area contributed by atoms with Crippen LogP contribution in [0.3, 0.4) is 0 Å². The average molecular weight is 456 g/mol. The van der Waals surface area contributed by atoms with Gasteiger partial charge in [-0.15, -0.1) is 0 Å². The van der Waals surface area contributed by atoms with Crippen LogP contribution in [-0.4, -0.2) is 52.1 Å². The Morgan fingerprint density at radius 3 is 2.36 bits per heavy atom. The number of carbonyl (C=O) groups excluding carboxylic acids is 3. The Labute approximate surface area is 193 Å². The molecule has 0 radical (unpaired) electrons. The highest BCUT2D eigenvalue weighted by Crippen LogP contribution is 2.42. The van der Waals surface area contributed by atoms with Crippen LogP contribution in [0.5, 0.6) is 17.2 Å². The van der Waals surface area contributed by atoms with Gasteiger partial charge in [0.2, 0.25) is 17.6 Å². The van der Waals surface area contributed by atoms with Crippen molar-refractivity contribution in [2.24, 2.45) is 5.92 Å². The number of benzene rings is 2. The lowest BCUT2D eigenvalue weighted by atomic mass is 10.1. The lowest BCUT2D eigenvalue weighted by Gasteiger charge is -2.20. The first-order valence-electron chi connectivity index (χ1n) is 10.7. The van der Waals surface area contributed by atoms with E-state index >= 15 is 0 Å². The molecular weight excluding hydrogens is 426 g/mol. The lowest BCUT2D eigenvalue weighted by molar-refractivity contribution is -0.122. The number of carbonyl (C=O) groups is 3. The SMILES string of the molecule is CCCNC(=O)c1cccc(NC(=O)C2CC(=O)N(c3cc(OC)c(OC)c(OC)c3)C2)c1. The van der Waals surface area contributed by atoms with E-state index in [4.69, 9.17) is 14.2 Å². The predicted molar refractivity (Wildman–Crippen MR) is 124 cm³/mol. The second kappa shape index (κ2) is 10.7. The summed E-state index contributed by atoms with van der Waals surface area (Å²) in [5.41, 5.74) is 1.52. The summed E-state index contributed by atoms with van der Waals surface area (Å²) in [4.78, 5) is 39.3. The molecule has 2 aromatic rings. The van der Waals surface area contributed by atoms with Crippen LogP contribution < -0.4 is 29.7 Å².